The van der Waals surface area contributed by atoms with Crippen LogP contribution in [0.3, 0.4) is 0 Å². The number of carbonyl (C=O) groups excluding carboxylic acids is 1. The van der Waals surface area contributed by atoms with Crippen molar-refractivity contribution in [2.24, 2.45) is 0 Å². The minimum atomic E-state index is -0.478. The molecule has 0 atom stereocenters. The molecule has 0 bridgehead atoms. The number of rotatable bonds is 0. The lowest BCUT2D eigenvalue weighted by Crippen LogP contribution is -2.40. The second kappa shape index (κ2) is 4.72. The van der Waals surface area contributed by atoms with Crippen molar-refractivity contribution in [3.05, 3.63) is 22.7 Å². The maximum Gasteiger partial charge on any atom is 0.410 e. The lowest BCUT2D eigenvalue weighted by molar-refractivity contribution is 0.0222. The summed E-state index contributed by atoms with van der Waals surface area (Å²) >= 11 is 5.74. The van der Waals surface area contributed by atoms with Crippen molar-refractivity contribution in [1.82, 2.24) is 14.9 Å². The zero-order valence-electron chi connectivity index (χ0n) is 10.7. The standard InChI is InChI=1S/C12H16ClN3O2/c1-12(2,3)18-11(17)16-5-4-9-8(7-16)6-14-10(13)15-9/h6H,4-5,7H2,1-3H3. The molecule has 18 heavy (non-hydrogen) atoms. The highest BCUT2D eigenvalue weighted by Gasteiger charge is 2.26. The Morgan fingerprint density at radius 2 is 2.22 bits per heavy atom. The Kier molecular flexibility index (Phi) is 3.43. The number of hydrogen-bond acceptors (Lipinski definition) is 4. The molecule has 0 fully saturated rings. The number of amides is 1. The van der Waals surface area contributed by atoms with E-state index in [-0.39, 0.29) is 11.4 Å². The van der Waals surface area contributed by atoms with Crippen molar-refractivity contribution >= 4 is 17.7 Å². The Morgan fingerprint density at radius 1 is 1.50 bits per heavy atom. The number of hydrogen-bond donors (Lipinski definition) is 0. The predicted octanol–water partition coefficient (Wildman–Crippen LogP) is 2.42. The molecule has 0 spiro atoms. The van der Waals surface area contributed by atoms with Crippen LogP contribution in [0.5, 0.6) is 0 Å². The van der Waals surface area contributed by atoms with Crippen LogP contribution in [0, 0.1) is 0 Å². The molecule has 98 valence electrons. The summed E-state index contributed by atoms with van der Waals surface area (Å²) in [6.07, 6.45) is 2.04. The van der Waals surface area contributed by atoms with Crippen LogP contribution in [0.2, 0.25) is 5.28 Å². The highest BCUT2D eigenvalue weighted by molar-refractivity contribution is 6.28. The van der Waals surface area contributed by atoms with Gasteiger partial charge in [-0.25, -0.2) is 14.8 Å². The van der Waals surface area contributed by atoms with Gasteiger partial charge in [-0.05, 0) is 32.4 Å². The van der Waals surface area contributed by atoms with E-state index >= 15 is 0 Å². The first-order valence-electron chi connectivity index (χ1n) is 5.83. The van der Waals surface area contributed by atoms with Gasteiger partial charge in [-0.3, -0.25) is 0 Å². The average molecular weight is 270 g/mol. The highest BCUT2D eigenvalue weighted by atomic mass is 35.5. The van der Waals surface area contributed by atoms with Crippen LogP contribution < -0.4 is 0 Å². The van der Waals surface area contributed by atoms with E-state index in [0.29, 0.717) is 19.5 Å². The summed E-state index contributed by atoms with van der Waals surface area (Å²) in [5.41, 5.74) is 1.36. The molecule has 2 rings (SSSR count). The first-order chi connectivity index (χ1) is 8.35. The predicted molar refractivity (Wildman–Crippen MR) is 67.4 cm³/mol. The number of fused-ring (bicyclic) bond motifs is 1. The zero-order chi connectivity index (χ0) is 13.3. The molecule has 5 nitrogen and oxygen atoms in total. The van der Waals surface area contributed by atoms with Crippen LogP contribution in [-0.4, -0.2) is 33.1 Å². The van der Waals surface area contributed by atoms with E-state index < -0.39 is 5.60 Å². The van der Waals surface area contributed by atoms with E-state index in [0.717, 1.165) is 11.3 Å². The molecular weight excluding hydrogens is 254 g/mol. The third-order valence-electron chi connectivity index (χ3n) is 2.56. The van der Waals surface area contributed by atoms with Gasteiger partial charge in [0.05, 0.1) is 12.2 Å². The van der Waals surface area contributed by atoms with Gasteiger partial charge in [-0.1, -0.05) is 0 Å². The maximum absolute atomic E-state index is 11.9. The highest BCUT2D eigenvalue weighted by Crippen LogP contribution is 2.20. The van der Waals surface area contributed by atoms with Crippen molar-refractivity contribution < 1.29 is 9.53 Å². The fourth-order valence-corrected chi connectivity index (χ4v) is 1.92. The van der Waals surface area contributed by atoms with Gasteiger partial charge in [0, 0.05) is 24.7 Å². The number of nitrogens with zero attached hydrogens (tertiary/aromatic N) is 3. The van der Waals surface area contributed by atoms with Crippen molar-refractivity contribution in [2.45, 2.75) is 39.3 Å². The molecule has 1 amide bonds. The molecule has 0 aliphatic carbocycles. The quantitative estimate of drug-likeness (QED) is 0.679. The molecule has 1 aliphatic heterocycles. The number of aromatic nitrogens is 2. The molecular formula is C12H16ClN3O2. The Morgan fingerprint density at radius 3 is 2.89 bits per heavy atom. The third-order valence-corrected chi connectivity index (χ3v) is 2.74. The van der Waals surface area contributed by atoms with Crippen LogP contribution >= 0.6 is 11.6 Å². The summed E-state index contributed by atoms with van der Waals surface area (Å²) < 4.78 is 5.34. The fraction of sp³-hybridized carbons (Fsp3) is 0.583. The zero-order valence-corrected chi connectivity index (χ0v) is 11.5. The SMILES string of the molecule is CC(C)(C)OC(=O)N1CCc2nc(Cl)ncc2C1. The molecule has 1 aromatic heterocycles. The van der Waals surface area contributed by atoms with Crippen molar-refractivity contribution in [3.63, 3.8) is 0 Å². The Bertz CT molecular complexity index is 471. The lowest BCUT2D eigenvalue weighted by atomic mass is 10.1. The van der Waals surface area contributed by atoms with Gasteiger partial charge < -0.3 is 9.64 Å². The monoisotopic (exact) mass is 269 g/mol. The summed E-state index contributed by atoms with van der Waals surface area (Å²) in [6, 6.07) is 0. The Balaban J connectivity index is 2.08. The summed E-state index contributed by atoms with van der Waals surface area (Å²) in [7, 11) is 0. The second-order valence-electron chi connectivity index (χ2n) is 5.26. The summed E-state index contributed by atoms with van der Waals surface area (Å²) in [5, 5.41) is 0.250. The molecule has 1 aliphatic rings. The van der Waals surface area contributed by atoms with Crippen LogP contribution in [0.15, 0.2) is 6.20 Å². The van der Waals surface area contributed by atoms with Gasteiger partial charge in [-0.15, -0.1) is 0 Å². The lowest BCUT2D eigenvalue weighted by Gasteiger charge is -2.30. The molecule has 1 aromatic rings. The molecule has 0 N–H and O–H groups in total. The normalized spacial score (nSPS) is 15.2. The third kappa shape index (κ3) is 3.10. The van der Waals surface area contributed by atoms with Gasteiger partial charge in [0.25, 0.3) is 0 Å². The summed E-state index contributed by atoms with van der Waals surface area (Å²) in [4.78, 5) is 21.7. The van der Waals surface area contributed by atoms with Crippen LogP contribution in [0.1, 0.15) is 32.0 Å². The first-order valence-corrected chi connectivity index (χ1v) is 6.21. The van der Waals surface area contributed by atoms with E-state index in [1.165, 1.54) is 0 Å². The molecule has 2 heterocycles. The van der Waals surface area contributed by atoms with Gasteiger partial charge in [0.15, 0.2) is 0 Å². The fourth-order valence-electron chi connectivity index (χ4n) is 1.77. The van der Waals surface area contributed by atoms with Crippen molar-refractivity contribution in [3.8, 4) is 0 Å². The number of carbonyl (C=O) groups is 1. The maximum atomic E-state index is 11.9. The molecule has 6 heteroatoms. The van der Waals surface area contributed by atoms with Gasteiger partial charge in [-0.2, -0.15) is 0 Å². The van der Waals surface area contributed by atoms with E-state index in [2.05, 4.69) is 9.97 Å². The van der Waals surface area contributed by atoms with Crippen LogP contribution in [-0.2, 0) is 17.7 Å². The van der Waals surface area contributed by atoms with Crippen molar-refractivity contribution in [1.29, 1.82) is 0 Å². The van der Waals surface area contributed by atoms with Crippen LogP contribution in [0.25, 0.3) is 0 Å². The van der Waals surface area contributed by atoms with Crippen LogP contribution in [0.4, 0.5) is 4.79 Å². The molecule has 0 saturated carbocycles. The number of ether oxygens (including phenoxy) is 1. The minimum Gasteiger partial charge on any atom is -0.444 e. The van der Waals surface area contributed by atoms with Crippen molar-refractivity contribution in [2.75, 3.05) is 6.54 Å². The van der Waals surface area contributed by atoms with Gasteiger partial charge in [0.1, 0.15) is 5.60 Å². The van der Waals surface area contributed by atoms with E-state index in [1.54, 1.807) is 11.1 Å². The Labute approximate surface area is 111 Å². The van der Waals surface area contributed by atoms with Gasteiger partial charge in [0.2, 0.25) is 5.28 Å². The number of halogens is 1. The Hall–Kier alpha value is -1.36. The molecule has 0 saturated heterocycles. The average Bonchev–Trinajstić information content (AvgIpc) is 2.26. The topological polar surface area (TPSA) is 55.3 Å². The second-order valence-corrected chi connectivity index (χ2v) is 5.60. The molecule has 0 aromatic carbocycles. The van der Waals surface area contributed by atoms with E-state index in [9.17, 15) is 4.79 Å². The minimum absolute atomic E-state index is 0.250. The smallest absolute Gasteiger partial charge is 0.410 e. The van der Waals surface area contributed by atoms with E-state index in [4.69, 9.17) is 16.3 Å². The van der Waals surface area contributed by atoms with Gasteiger partial charge >= 0.3 is 6.09 Å². The van der Waals surface area contributed by atoms with E-state index in [1.807, 2.05) is 20.8 Å². The molecule has 0 radical (unpaired) electrons. The summed E-state index contributed by atoms with van der Waals surface area (Å²) in [5.74, 6) is 0. The molecule has 0 unspecified atom stereocenters. The summed E-state index contributed by atoms with van der Waals surface area (Å²) in [6.45, 7) is 6.62. The first kappa shape index (κ1) is 13.1. The largest absolute Gasteiger partial charge is 0.444 e.